The number of fused-ring (bicyclic) bond motifs is 1. The fourth-order valence-corrected chi connectivity index (χ4v) is 4.02. The number of benzene rings is 2. The molecule has 0 aliphatic heterocycles. The number of aliphatic hydroxyl groups is 1. The van der Waals surface area contributed by atoms with E-state index in [0.29, 0.717) is 10.2 Å². The minimum Gasteiger partial charge on any atom is -0.491 e. The Bertz CT molecular complexity index is 1150. The lowest BCUT2D eigenvalue weighted by atomic mass is 10.1. The largest absolute Gasteiger partial charge is 0.491 e. The highest BCUT2D eigenvalue weighted by molar-refractivity contribution is 7.17. The van der Waals surface area contributed by atoms with E-state index in [1.807, 2.05) is 66.9 Å². The van der Waals surface area contributed by atoms with Crippen molar-refractivity contribution in [1.29, 1.82) is 0 Å². The standard InChI is InChI=1S/C22H20N2O3S/c1-15-7-5-6-10-19(15)27-12-17(25)11-24-14-23-21-20(22(24)26)18(13-28-21)16-8-3-2-4-9-16/h2-10,13-14,17,25H,11-12H2,1H3. The number of para-hydroxylation sites is 1. The van der Waals surface area contributed by atoms with Gasteiger partial charge in [-0.15, -0.1) is 11.3 Å². The summed E-state index contributed by atoms with van der Waals surface area (Å²) in [5.74, 6) is 0.728. The van der Waals surface area contributed by atoms with E-state index in [4.69, 9.17) is 4.74 Å². The Hall–Kier alpha value is -2.96. The third-order valence-electron chi connectivity index (χ3n) is 4.58. The van der Waals surface area contributed by atoms with E-state index >= 15 is 0 Å². The van der Waals surface area contributed by atoms with Crippen LogP contribution in [0.5, 0.6) is 5.75 Å². The van der Waals surface area contributed by atoms with Gasteiger partial charge < -0.3 is 9.84 Å². The second-order valence-corrected chi connectivity index (χ2v) is 7.49. The molecule has 142 valence electrons. The SMILES string of the molecule is Cc1ccccc1OCC(O)Cn1cnc2scc(-c3ccccc3)c2c1=O. The van der Waals surface area contributed by atoms with E-state index < -0.39 is 6.10 Å². The molecule has 1 atom stereocenters. The molecule has 2 heterocycles. The smallest absolute Gasteiger partial charge is 0.262 e. The third kappa shape index (κ3) is 3.69. The van der Waals surface area contributed by atoms with Crippen LogP contribution in [-0.2, 0) is 6.54 Å². The number of aromatic nitrogens is 2. The molecule has 1 unspecified atom stereocenters. The highest BCUT2D eigenvalue weighted by Crippen LogP contribution is 2.30. The Balaban J connectivity index is 1.57. The summed E-state index contributed by atoms with van der Waals surface area (Å²) >= 11 is 1.45. The van der Waals surface area contributed by atoms with Crippen molar-refractivity contribution < 1.29 is 9.84 Å². The van der Waals surface area contributed by atoms with Crippen molar-refractivity contribution in [2.75, 3.05) is 6.61 Å². The van der Waals surface area contributed by atoms with Gasteiger partial charge in [0.25, 0.3) is 5.56 Å². The summed E-state index contributed by atoms with van der Waals surface area (Å²) in [6.45, 7) is 2.17. The monoisotopic (exact) mass is 392 g/mol. The molecule has 0 fully saturated rings. The molecule has 5 nitrogen and oxygen atoms in total. The van der Waals surface area contributed by atoms with Gasteiger partial charge in [0.1, 0.15) is 23.3 Å². The molecule has 28 heavy (non-hydrogen) atoms. The van der Waals surface area contributed by atoms with Crippen molar-refractivity contribution in [1.82, 2.24) is 9.55 Å². The van der Waals surface area contributed by atoms with Gasteiger partial charge in [0.05, 0.1) is 18.3 Å². The topological polar surface area (TPSA) is 64.3 Å². The molecule has 2 aromatic carbocycles. The lowest BCUT2D eigenvalue weighted by molar-refractivity contribution is 0.0911. The van der Waals surface area contributed by atoms with Crippen molar-refractivity contribution in [2.45, 2.75) is 19.6 Å². The van der Waals surface area contributed by atoms with Crippen LogP contribution in [-0.4, -0.2) is 27.4 Å². The molecule has 0 aliphatic rings. The summed E-state index contributed by atoms with van der Waals surface area (Å²) in [4.78, 5) is 18.1. The average molecular weight is 392 g/mol. The maximum atomic E-state index is 13.0. The Morgan fingerprint density at radius 1 is 1.14 bits per heavy atom. The fraction of sp³-hybridized carbons (Fsp3) is 0.182. The zero-order chi connectivity index (χ0) is 19.5. The first kappa shape index (κ1) is 18.4. The molecule has 0 saturated carbocycles. The maximum Gasteiger partial charge on any atom is 0.262 e. The molecule has 0 bridgehead atoms. The van der Waals surface area contributed by atoms with E-state index in [1.165, 1.54) is 22.2 Å². The summed E-state index contributed by atoms with van der Waals surface area (Å²) in [6.07, 6.45) is 0.669. The number of aryl methyl sites for hydroxylation is 1. The van der Waals surface area contributed by atoms with Crippen LogP contribution in [0.25, 0.3) is 21.3 Å². The molecule has 6 heteroatoms. The van der Waals surface area contributed by atoms with Crippen molar-refractivity contribution in [2.24, 2.45) is 0 Å². The summed E-state index contributed by atoms with van der Waals surface area (Å²) in [5.41, 5.74) is 2.70. The number of rotatable bonds is 6. The average Bonchev–Trinajstić information content (AvgIpc) is 3.15. The fourth-order valence-electron chi connectivity index (χ4n) is 3.11. The van der Waals surface area contributed by atoms with Gasteiger partial charge in [-0.05, 0) is 24.1 Å². The van der Waals surface area contributed by atoms with E-state index in [1.54, 1.807) is 0 Å². The van der Waals surface area contributed by atoms with E-state index in [-0.39, 0.29) is 18.7 Å². The number of ether oxygens (including phenoxy) is 1. The van der Waals surface area contributed by atoms with Crippen molar-refractivity contribution in [3.8, 4) is 16.9 Å². The quantitative estimate of drug-likeness (QED) is 0.541. The van der Waals surface area contributed by atoms with Gasteiger partial charge in [-0.25, -0.2) is 4.98 Å². The normalized spacial score (nSPS) is 12.2. The first-order chi connectivity index (χ1) is 13.6. The van der Waals surface area contributed by atoms with E-state index in [9.17, 15) is 9.90 Å². The van der Waals surface area contributed by atoms with Crippen molar-refractivity contribution >= 4 is 21.6 Å². The first-order valence-electron chi connectivity index (χ1n) is 9.02. The predicted molar refractivity (Wildman–Crippen MR) is 112 cm³/mol. The summed E-state index contributed by atoms with van der Waals surface area (Å²) in [6, 6.07) is 17.4. The van der Waals surface area contributed by atoms with Crippen LogP contribution in [0.15, 0.2) is 71.1 Å². The highest BCUT2D eigenvalue weighted by atomic mass is 32.1. The van der Waals surface area contributed by atoms with Gasteiger partial charge in [0, 0.05) is 10.9 Å². The van der Waals surface area contributed by atoms with Crippen LogP contribution in [0.1, 0.15) is 5.56 Å². The lowest BCUT2D eigenvalue weighted by Gasteiger charge is -2.15. The minimum absolute atomic E-state index is 0.102. The Labute approximate surface area is 166 Å². The molecule has 0 saturated heterocycles. The summed E-state index contributed by atoms with van der Waals surface area (Å²) in [7, 11) is 0. The maximum absolute atomic E-state index is 13.0. The summed E-state index contributed by atoms with van der Waals surface area (Å²) in [5, 5.41) is 12.9. The van der Waals surface area contributed by atoms with Crippen LogP contribution in [0.4, 0.5) is 0 Å². The molecule has 4 rings (SSSR count). The summed E-state index contributed by atoms with van der Waals surface area (Å²) < 4.78 is 7.14. The number of thiophene rings is 1. The predicted octanol–water partition coefficient (Wildman–Crippen LogP) is 3.87. The van der Waals surface area contributed by atoms with Crippen molar-refractivity contribution in [3.05, 3.63) is 82.2 Å². The molecular formula is C22H20N2O3S. The highest BCUT2D eigenvalue weighted by Gasteiger charge is 2.15. The van der Waals surface area contributed by atoms with E-state index in [0.717, 1.165) is 22.4 Å². The zero-order valence-electron chi connectivity index (χ0n) is 15.4. The van der Waals surface area contributed by atoms with Gasteiger partial charge in [0.2, 0.25) is 0 Å². The molecule has 0 spiro atoms. The van der Waals surface area contributed by atoms with Crippen LogP contribution in [0.2, 0.25) is 0 Å². The molecule has 2 aromatic heterocycles. The number of hydrogen-bond acceptors (Lipinski definition) is 5. The second kappa shape index (κ2) is 7.96. The van der Waals surface area contributed by atoms with Crippen molar-refractivity contribution in [3.63, 3.8) is 0 Å². The van der Waals surface area contributed by atoms with Crippen LogP contribution in [0.3, 0.4) is 0 Å². The van der Waals surface area contributed by atoms with Crippen LogP contribution < -0.4 is 10.3 Å². The van der Waals surface area contributed by atoms with Gasteiger partial charge in [0.15, 0.2) is 0 Å². The Morgan fingerprint density at radius 3 is 2.68 bits per heavy atom. The minimum atomic E-state index is -0.824. The molecule has 1 N–H and O–H groups in total. The number of nitrogens with zero attached hydrogens (tertiary/aromatic N) is 2. The van der Waals surface area contributed by atoms with Gasteiger partial charge >= 0.3 is 0 Å². The Kier molecular flexibility index (Phi) is 5.23. The molecule has 0 aliphatic carbocycles. The number of aliphatic hydroxyl groups excluding tert-OH is 1. The molecule has 4 aromatic rings. The molecule has 0 radical (unpaired) electrons. The molecule has 0 amide bonds. The third-order valence-corrected chi connectivity index (χ3v) is 5.46. The van der Waals surface area contributed by atoms with Gasteiger partial charge in [-0.1, -0.05) is 48.5 Å². The lowest BCUT2D eigenvalue weighted by Crippen LogP contribution is -2.30. The molecular weight excluding hydrogens is 372 g/mol. The number of hydrogen-bond donors (Lipinski definition) is 1. The van der Waals surface area contributed by atoms with Gasteiger partial charge in [-0.3, -0.25) is 9.36 Å². The van der Waals surface area contributed by atoms with Crippen LogP contribution >= 0.6 is 11.3 Å². The van der Waals surface area contributed by atoms with E-state index in [2.05, 4.69) is 4.98 Å². The Morgan fingerprint density at radius 2 is 1.89 bits per heavy atom. The van der Waals surface area contributed by atoms with Crippen LogP contribution in [0, 0.1) is 6.92 Å². The van der Waals surface area contributed by atoms with Gasteiger partial charge in [-0.2, -0.15) is 0 Å². The zero-order valence-corrected chi connectivity index (χ0v) is 16.2. The first-order valence-corrected chi connectivity index (χ1v) is 9.90. The second-order valence-electron chi connectivity index (χ2n) is 6.63.